The summed E-state index contributed by atoms with van der Waals surface area (Å²) in [6.45, 7) is 5.57. The van der Waals surface area contributed by atoms with Crippen LogP contribution in [-0.4, -0.2) is 16.9 Å². The topological polar surface area (TPSA) is 52.3 Å². The number of hydrogen-bond acceptors (Lipinski definition) is 3. The summed E-state index contributed by atoms with van der Waals surface area (Å²) in [4.78, 5) is 12.5. The van der Waals surface area contributed by atoms with E-state index in [0.29, 0.717) is 6.42 Å². The Morgan fingerprint density at radius 2 is 1.80 bits per heavy atom. The molecule has 0 radical (unpaired) electrons. The van der Waals surface area contributed by atoms with E-state index in [4.69, 9.17) is 10.5 Å². The number of benzene rings is 1. The van der Waals surface area contributed by atoms with E-state index in [1.165, 1.54) is 0 Å². The Bertz CT molecular complexity index is 428. The maximum atomic E-state index is 12.5. The molecule has 0 amide bonds. The monoisotopic (exact) mass is 341 g/mol. The second-order valence-corrected chi connectivity index (χ2v) is 6.78. The third-order valence-corrected chi connectivity index (χ3v) is 3.57. The number of unbranched alkanes of at least 4 members (excludes halogenated alkanes) is 1. The number of carbonyl (C=O) groups is 1. The van der Waals surface area contributed by atoms with Crippen LogP contribution in [0, 0.1) is 0 Å². The summed E-state index contributed by atoms with van der Waals surface area (Å²) >= 11 is 3.40. The van der Waals surface area contributed by atoms with Crippen LogP contribution in [-0.2, 0) is 15.1 Å². The van der Waals surface area contributed by atoms with Gasteiger partial charge in [0.05, 0.1) is 0 Å². The molecule has 1 atom stereocenters. The Balaban J connectivity index is 2.98. The number of rotatable bonds is 6. The van der Waals surface area contributed by atoms with Gasteiger partial charge in [0.1, 0.15) is 11.1 Å². The van der Waals surface area contributed by atoms with E-state index in [9.17, 15) is 4.79 Å². The Morgan fingerprint density at radius 1 is 1.20 bits per heavy atom. The molecule has 0 spiro atoms. The third kappa shape index (κ3) is 4.91. The molecule has 1 aromatic carbocycles. The molecule has 112 valence electrons. The van der Waals surface area contributed by atoms with Crippen molar-refractivity contribution in [3.8, 4) is 0 Å². The SMILES string of the molecule is CC(C)(C)OC(=O)C(N)(CCCCBr)c1ccccc1. The van der Waals surface area contributed by atoms with Crippen LogP contribution in [0.1, 0.15) is 45.6 Å². The lowest BCUT2D eigenvalue weighted by Crippen LogP contribution is -2.48. The molecule has 20 heavy (non-hydrogen) atoms. The predicted octanol–water partition coefficient (Wildman–Crippen LogP) is 3.75. The summed E-state index contributed by atoms with van der Waals surface area (Å²) < 4.78 is 5.51. The van der Waals surface area contributed by atoms with Gasteiger partial charge in [0.15, 0.2) is 0 Å². The van der Waals surface area contributed by atoms with Crippen molar-refractivity contribution in [3.05, 3.63) is 35.9 Å². The molecular formula is C16H24BrNO2. The summed E-state index contributed by atoms with van der Waals surface area (Å²) in [5, 5.41) is 0.909. The number of hydrogen-bond donors (Lipinski definition) is 1. The molecule has 0 saturated carbocycles. The van der Waals surface area contributed by atoms with Crippen LogP contribution in [0.2, 0.25) is 0 Å². The number of nitrogens with two attached hydrogens (primary N) is 1. The van der Waals surface area contributed by atoms with Crippen LogP contribution in [0.25, 0.3) is 0 Å². The van der Waals surface area contributed by atoms with Gasteiger partial charge in [0.25, 0.3) is 0 Å². The number of alkyl halides is 1. The van der Waals surface area contributed by atoms with E-state index in [2.05, 4.69) is 15.9 Å². The lowest BCUT2D eigenvalue weighted by Gasteiger charge is -2.31. The quantitative estimate of drug-likeness (QED) is 0.487. The highest BCUT2D eigenvalue weighted by atomic mass is 79.9. The van der Waals surface area contributed by atoms with E-state index in [1.807, 2.05) is 51.1 Å². The molecule has 2 N–H and O–H groups in total. The van der Waals surface area contributed by atoms with Gasteiger partial charge in [-0.05, 0) is 45.6 Å². The number of esters is 1. The third-order valence-electron chi connectivity index (χ3n) is 3.01. The van der Waals surface area contributed by atoms with Gasteiger partial charge in [-0.15, -0.1) is 0 Å². The van der Waals surface area contributed by atoms with Crippen molar-refractivity contribution >= 4 is 21.9 Å². The average Bonchev–Trinajstić information content (AvgIpc) is 2.38. The van der Waals surface area contributed by atoms with Gasteiger partial charge in [-0.25, -0.2) is 4.79 Å². The number of carbonyl (C=O) groups excluding carboxylic acids is 1. The van der Waals surface area contributed by atoms with Crippen molar-refractivity contribution in [2.75, 3.05) is 5.33 Å². The van der Waals surface area contributed by atoms with Crippen molar-refractivity contribution < 1.29 is 9.53 Å². The van der Waals surface area contributed by atoms with E-state index in [-0.39, 0.29) is 5.97 Å². The van der Waals surface area contributed by atoms with E-state index in [1.54, 1.807) is 0 Å². The summed E-state index contributed by atoms with van der Waals surface area (Å²) in [5.41, 5.74) is 5.62. The van der Waals surface area contributed by atoms with Crippen molar-refractivity contribution in [2.24, 2.45) is 5.73 Å². The first-order valence-corrected chi connectivity index (χ1v) is 8.05. The summed E-state index contributed by atoms with van der Waals surface area (Å²) in [5.74, 6) is -0.356. The lowest BCUT2D eigenvalue weighted by atomic mass is 9.86. The van der Waals surface area contributed by atoms with Gasteiger partial charge >= 0.3 is 5.97 Å². The van der Waals surface area contributed by atoms with Crippen LogP contribution < -0.4 is 5.73 Å². The van der Waals surface area contributed by atoms with Gasteiger partial charge in [0.2, 0.25) is 0 Å². The minimum Gasteiger partial charge on any atom is -0.458 e. The highest BCUT2D eigenvalue weighted by Crippen LogP contribution is 2.28. The largest absolute Gasteiger partial charge is 0.458 e. The molecule has 0 aliphatic rings. The molecule has 0 bridgehead atoms. The normalized spacial score (nSPS) is 14.7. The Morgan fingerprint density at radius 3 is 2.30 bits per heavy atom. The first kappa shape index (κ1) is 17.2. The fraction of sp³-hybridized carbons (Fsp3) is 0.562. The van der Waals surface area contributed by atoms with Crippen LogP contribution in [0.4, 0.5) is 0 Å². The van der Waals surface area contributed by atoms with E-state index in [0.717, 1.165) is 23.7 Å². The van der Waals surface area contributed by atoms with E-state index < -0.39 is 11.1 Å². The van der Waals surface area contributed by atoms with Crippen LogP contribution in [0.3, 0.4) is 0 Å². The summed E-state index contributed by atoms with van der Waals surface area (Å²) in [6.07, 6.45) is 2.43. The molecular weight excluding hydrogens is 318 g/mol. The number of halogens is 1. The molecule has 0 fully saturated rings. The first-order chi connectivity index (χ1) is 9.29. The molecule has 0 aromatic heterocycles. The van der Waals surface area contributed by atoms with Crippen molar-refractivity contribution in [1.29, 1.82) is 0 Å². The zero-order chi connectivity index (χ0) is 15.2. The Hall–Kier alpha value is -0.870. The average molecular weight is 342 g/mol. The smallest absolute Gasteiger partial charge is 0.331 e. The molecule has 0 aliphatic carbocycles. The molecule has 0 aliphatic heterocycles. The minimum absolute atomic E-state index is 0.356. The van der Waals surface area contributed by atoms with Crippen LogP contribution >= 0.6 is 15.9 Å². The van der Waals surface area contributed by atoms with Gasteiger partial charge in [-0.2, -0.15) is 0 Å². The Labute approximate surface area is 130 Å². The fourth-order valence-corrected chi connectivity index (χ4v) is 2.36. The first-order valence-electron chi connectivity index (χ1n) is 6.93. The summed E-state index contributed by atoms with van der Waals surface area (Å²) in [7, 11) is 0. The molecule has 3 nitrogen and oxygen atoms in total. The molecule has 0 saturated heterocycles. The molecule has 1 unspecified atom stereocenters. The predicted molar refractivity (Wildman–Crippen MR) is 85.8 cm³/mol. The van der Waals surface area contributed by atoms with Gasteiger partial charge < -0.3 is 10.5 Å². The molecule has 4 heteroatoms. The van der Waals surface area contributed by atoms with Crippen molar-refractivity contribution in [3.63, 3.8) is 0 Å². The Kier molecular flexibility index (Phi) is 6.21. The highest BCUT2D eigenvalue weighted by Gasteiger charge is 2.39. The summed E-state index contributed by atoms with van der Waals surface area (Å²) in [6, 6.07) is 9.48. The maximum Gasteiger partial charge on any atom is 0.331 e. The second-order valence-electron chi connectivity index (χ2n) is 5.99. The lowest BCUT2D eigenvalue weighted by molar-refractivity contribution is -0.162. The molecule has 0 heterocycles. The maximum absolute atomic E-state index is 12.5. The zero-order valence-electron chi connectivity index (χ0n) is 12.5. The van der Waals surface area contributed by atoms with Crippen LogP contribution in [0.5, 0.6) is 0 Å². The van der Waals surface area contributed by atoms with E-state index >= 15 is 0 Å². The molecule has 1 aromatic rings. The minimum atomic E-state index is -1.07. The van der Waals surface area contributed by atoms with Gasteiger partial charge in [-0.3, -0.25) is 0 Å². The van der Waals surface area contributed by atoms with Gasteiger partial charge in [0, 0.05) is 5.33 Å². The molecule has 1 rings (SSSR count). The van der Waals surface area contributed by atoms with Crippen molar-refractivity contribution in [2.45, 2.75) is 51.2 Å². The fourth-order valence-electron chi connectivity index (χ4n) is 1.97. The standard InChI is InChI=1S/C16H24BrNO2/c1-15(2,3)20-14(19)16(18,11-7-8-12-17)13-9-5-4-6-10-13/h4-6,9-10H,7-8,11-12,18H2,1-3H3. The highest BCUT2D eigenvalue weighted by molar-refractivity contribution is 9.09. The zero-order valence-corrected chi connectivity index (χ0v) is 14.1. The second kappa shape index (κ2) is 7.23. The number of ether oxygens (including phenoxy) is 1. The van der Waals surface area contributed by atoms with Crippen LogP contribution in [0.15, 0.2) is 30.3 Å². The van der Waals surface area contributed by atoms with Crippen molar-refractivity contribution in [1.82, 2.24) is 0 Å². The van der Waals surface area contributed by atoms with Gasteiger partial charge in [-0.1, -0.05) is 46.3 Å².